The number of phenolic OH excluding ortho intramolecular Hbond substituents is 1. The number of carbonyl (C=O) groups is 2. The van der Waals surface area contributed by atoms with Crippen molar-refractivity contribution < 1.29 is 24.2 Å². The highest BCUT2D eigenvalue weighted by Gasteiger charge is 2.13. The summed E-state index contributed by atoms with van der Waals surface area (Å²) in [7, 11) is 0. The first kappa shape index (κ1) is 15.3. The van der Waals surface area contributed by atoms with Crippen molar-refractivity contribution in [1.29, 1.82) is 0 Å². The van der Waals surface area contributed by atoms with Gasteiger partial charge in [-0.15, -0.1) is 0 Å². The zero-order valence-electron chi connectivity index (χ0n) is 11.9. The molecule has 0 spiro atoms. The number of phenols is 1. The van der Waals surface area contributed by atoms with E-state index in [0.29, 0.717) is 5.75 Å². The van der Waals surface area contributed by atoms with E-state index in [-0.39, 0.29) is 22.6 Å². The van der Waals surface area contributed by atoms with E-state index in [1.54, 1.807) is 19.1 Å². The van der Waals surface area contributed by atoms with Gasteiger partial charge in [0.05, 0.1) is 0 Å². The average Bonchev–Trinajstić information content (AvgIpc) is 2.49. The number of hydrogen-bond acceptors (Lipinski definition) is 5. The lowest BCUT2D eigenvalue weighted by Crippen LogP contribution is -2.09. The zero-order chi connectivity index (χ0) is 16.1. The third kappa shape index (κ3) is 3.73. The van der Waals surface area contributed by atoms with Crippen LogP contribution in [-0.4, -0.2) is 17.0 Å². The Bertz CT molecular complexity index is 716. The summed E-state index contributed by atoms with van der Waals surface area (Å²) in [6.07, 6.45) is 0. The summed E-state index contributed by atoms with van der Waals surface area (Å²) < 4.78 is 10.2. The summed E-state index contributed by atoms with van der Waals surface area (Å²) in [4.78, 5) is 23.3. The molecule has 112 valence electrons. The van der Waals surface area contributed by atoms with Crippen LogP contribution in [-0.2, 0) is 4.79 Å². The predicted octanol–water partition coefficient (Wildman–Crippen LogP) is 3.09. The second kappa shape index (κ2) is 6.58. The zero-order valence-corrected chi connectivity index (χ0v) is 11.9. The van der Waals surface area contributed by atoms with Gasteiger partial charge in [0.2, 0.25) is 0 Å². The number of hydrogen-bond donors (Lipinski definition) is 1. The average molecular weight is 298 g/mol. The van der Waals surface area contributed by atoms with E-state index < -0.39 is 11.9 Å². The van der Waals surface area contributed by atoms with Gasteiger partial charge in [0, 0.05) is 5.57 Å². The van der Waals surface area contributed by atoms with E-state index >= 15 is 0 Å². The molecule has 0 saturated heterocycles. The van der Waals surface area contributed by atoms with E-state index in [9.17, 15) is 14.7 Å². The molecule has 0 amide bonds. The summed E-state index contributed by atoms with van der Waals surface area (Å²) in [6.45, 7) is 5.03. The number of carbonyl (C=O) groups excluding carboxylic acids is 2. The van der Waals surface area contributed by atoms with Crippen LogP contribution in [0.25, 0.3) is 0 Å². The summed E-state index contributed by atoms with van der Waals surface area (Å²) in [6, 6.07) is 12.0. The molecule has 0 unspecified atom stereocenters. The standard InChI is InChI=1S/C17H14O5/c1-11(2)16(19)21-12-7-9-13(10-8-12)22-17(20)14-5-3-4-6-15(14)18/h3-10,18H,1H2,2H3. The molecule has 5 heteroatoms. The van der Waals surface area contributed by atoms with Crippen LogP contribution < -0.4 is 9.47 Å². The Morgan fingerprint density at radius 1 is 0.955 bits per heavy atom. The summed E-state index contributed by atoms with van der Waals surface area (Å²) in [5, 5.41) is 9.59. The van der Waals surface area contributed by atoms with Crippen LogP contribution in [0.5, 0.6) is 17.2 Å². The van der Waals surface area contributed by atoms with Crippen molar-refractivity contribution in [2.45, 2.75) is 6.92 Å². The number of esters is 2. The highest BCUT2D eigenvalue weighted by Crippen LogP contribution is 2.22. The molecule has 0 atom stereocenters. The van der Waals surface area contributed by atoms with Gasteiger partial charge in [-0.3, -0.25) is 0 Å². The molecule has 0 aliphatic carbocycles. The molecular formula is C17H14O5. The van der Waals surface area contributed by atoms with E-state index in [1.165, 1.54) is 36.4 Å². The molecule has 0 heterocycles. The van der Waals surface area contributed by atoms with Crippen LogP contribution in [0.4, 0.5) is 0 Å². The van der Waals surface area contributed by atoms with Crippen molar-refractivity contribution in [3.8, 4) is 17.2 Å². The Morgan fingerprint density at radius 3 is 2.05 bits per heavy atom. The summed E-state index contributed by atoms with van der Waals surface area (Å²) >= 11 is 0. The van der Waals surface area contributed by atoms with Crippen LogP contribution in [0.15, 0.2) is 60.7 Å². The monoisotopic (exact) mass is 298 g/mol. The van der Waals surface area contributed by atoms with Gasteiger partial charge in [0.25, 0.3) is 0 Å². The van der Waals surface area contributed by atoms with Gasteiger partial charge in [-0.25, -0.2) is 9.59 Å². The molecule has 2 rings (SSSR count). The second-order valence-electron chi connectivity index (χ2n) is 4.55. The van der Waals surface area contributed by atoms with Crippen LogP contribution in [0.3, 0.4) is 0 Å². The minimum atomic E-state index is -0.676. The van der Waals surface area contributed by atoms with E-state index in [0.717, 1.165) is 0 Å². The lowest BCUT2D eigenvalue weighted by Gasteiger charge is -2.07. The fourth-order valence-corrected chi connectivity index (χ4v) is 1.58. The third-order valence-electron chi connectivity index (χ3n) is 2.72. The minimum Gasteiger partial charge on any atom is -0.507 e. The van der Waals surface area contributed by atoms with Gasteiger partial charge in [-0.1, -0.05) is 18.7 Å². The SMILES string of the molecule is C=C(C)C(=O)Oc1ccc(OC(=O)c2ccccc2O)cc1. The fraction of sp³-hybridized carbons (Fsp3) is 0.0588. The molecule has 5 nitrogen and oxygen atoms in total. The first-order chi connectivity index (χ1) is 10.5. The molecule has 1 N–H and O–H groups in total. The van der Waals surface area contributed by atoms with Gasteiger partial charge in [0.1, 0.15) is 22.8 Å². The Balaban J connectivity index is 2.05. The van der Waals surface area contributed by atoms with Crippen molar-refractivity contribution >= 4 is 11.9 Å². The predicted molar refractivity (Wildman–Crippen MR) is 80.0 cm³/mol. The highest BCUT2D eigenvalue weighted by atomic mass is 16.5. The molecular weight excluding hydrogens is 284 g/mol. The first-order valence-corrected chi connectivity index (χ1v) is 6.45. The number of rotatable bonds is 4. The number of benzene rings is 2. The lowest BCUT2D eigenvalue weighted by molar-refractivity contribution is -0.130. The molecule has 0 aliphatic rings. The van der Waals surface area contributed by atoms with Gasteiger partial charge in [-0.05, 0) is 43.3 Å². The van der Waals surface area contributed by atoms with Crippen LogP contribution in [0.2, 0.25) is 0 Å². The number of para-hydroxylation sites is 1. The van der Waals surface area contributed by atoms with Gasteiger partial charge < -0.3 is 14.6 Å². The molecule has 0 aromatic heterocycles. The van der Waals surface area contributed by atoms with E-state index in [2.05, 4.69) is 6.58 Å². The Kier molecular flexibility index (Phi) is 4.58. The second-order valence-corrected chi connectivity index (χ2v) is 4.55. The first-order valence-electron chi connectivity index (χ1n) is 6.45. The van der Waals surface area contributed by atoms with Gasteiger partial charge >= 0.3 is 11.9 Å². The quantitative estimate of drug-likeness (QED) is 0.533. The maximum Gasteiger partial charge on any atom is 0.347 e. The van der Waals surface area contributed by atoms with Crippen LogP contribution in [0, 0.1) is 0 Å². The van der Waals surface area contributed by atoms with Gasteiger partial charge in [-0.2, -0.15) is 0 Å². The van der Waals surface area contributed by atoms with E-state index in [4.69, 9.17) is 9.47 Å². The molecule has 0 fully saturated rings. The third-order valence-corrected chi connectivity index (χ3v) is 2.72. The molecule has 0 saturated carbocycles. The largest absolute Gasteiger partial charge is 0.507 e. The van der Waals surface area contributed by atoms with E-state index in [1.807, 2.05) is 0 Å². The normalized spacial score (nSPS) is 9.86. The van der Waals surface area contributed by atoms with Gasteiger partial charge in [0.15, 0.2) is 0 Å². The summed E-state index contributed by atoms with van der Waals surface area (Å²) in [5.74, 6) is -0.776. The molecule has 22 heavy (non-hydrogen) atoms. The van der Waals surface area contributed by atoms with Crippen LogP contribution in [0.1, 0.15) is 17.3 Å². The maximum atomic E-state index is 11.9. The summed E-state index contributed by atoms with van der Waals surface area (Å²) in [5.41, 5.74) is 0.357. The van der Waals surface area contributed by atoms with Crippen molar-refractivity contribution in [1.82, 2.24) is 0 Å². The number of ether oxygens (including phenoxy) is 2. The molecule has 2 aromatic carbocycles. The molecule has 2 aromatic rings. The Morgan fingerprint density at radius 2 is 1.50 bits per heavy atom. The van der Waals surface area contributed by atoms with Crippen molar-refractivity contribution in [2.24, 2.45) is 0 Å². The molecule has 0 aliphatic heterocycles. The fourth-order valence-electron chi connectivity index (χ4n) is 1.58. The molecule has 0 radical (unpaired) electrons. The van der Waals surface area contributed by atoms with Crippen molar-refractivity contribution in [3.63, 3.8) is 0 Å². The van der Waals surface area contributed by atoms with Crippen molar-refractivity contribution in [3.05, 3.63) is 66.2 Å². The smallest absolute Gasteiger partial charge is 0.347 e. The topological polar surface area (TPSA) is 72.8 Å². The van der Waals surface area contributed by atoms with Crippen molar-refractivity contribution in [2.75, 3.05) is 0 Å². The molecule has 0 bridgehead atoms. The highest BCUT2D eigenvalue weighted by molar-refractivity contribution is 5.93. The maximum absolute atomic E-state index is 11.9. The minimum absolute atomic E-state index is 0.0697. The van der Waals surface area contributed by atoms with Crippen LogP contribution >= 0.6 is 0 Å². The Labute approximate surface area is 127 Å². The lowest BCUT2D eigenvalue weighted by atomic mass is 10.2. The Hall–Kier alpha value is -3.08. The number of aromatic hydroxyl groups is 1.